The molecule has 7 heteroatoms. The van der Waals surface area contributed by atoms with Crippen LogP contribution in [0.2, 0.25) is 5.02 Å². The Bertz CT molecular complexity index is 921. The van der Waals surface area contributed by atoms with Crippen molar-refractivity contribution in [2.75, 3.05) is 11.1 Å². The van der Waals surface area contributed by atoms with Crippen molar-refractivity contribution >= 4 is 29.0 Å². The van der Waals surface area contributed by atoms with Crippen molar-refractivity contribution in [1.29, 1.82) is 0 Å². The second kappa shape index (κ2) is 6.25. The smallest absolute Gasteiger partial charge is 0.261 e. The molecule has 0 saturated carbocycles. The number of nitrogens with zero attached hydrogens (tertiary/aromatic N) is 2. The van der Waals surface area contributed by atoms with Gasteiger partial charge in [0.1, 0.15) is 17.1 Å². The number of hydrogen-bond donors (Lipinski definition) is 3. The Balaban J connectivity index is 1.91. The summed E-state index contributed by atoms with van der Waals surface area (Å²) in [5.41, 5.74) is 8.31. The molecule has 3 aromatic rings. The van der Waals surface area contributed by atoms with Crippen molar-refractivity contribution in [3.8, 4) is 11.4 Å². The highest BCUT2D eigenvalue weighted by molar-refractivity contribution is 6.30. The molecular weight excluding hydrogens is 328 g/mol. The zero-order valence-corrected chi connectivity index (χ0v) is 13.6. The SMILES string of the molecule is Cc1ccccc1-n1ncc(C(=O)Nc2ccc(Cl)cc2O)c1N. The van der Waals surface area contributed by atoms with Gasteiger partial charge < -0.3 is 16.2 Å². The fraction of sp³-hybridized carbons (Fsp3) is 0.0588. The molecule has 0 bridgehead atoms. The van der Waals surface area contributed by atoms with Crippen molar-refractivity contribution in [2.45, 2.75) is 6.92 Å². The molecule has 0 aliphatic heterocycles. The molecule has 24 heavy (non-hydrogen) atoms. The van der Waals surface area contributed by atoms with Crippen LogP contribution in [-0.2, 0) is 0 Å². The van der Waals surface area contributed by atoms with Crippen molar-refractivity contribution in [3.05, 3.63) is 64.8 Å². The van der Waals surface area contributed by atoms with E-state index in [1.54, 1.807) is 6.07 Å². The van der Waals surface area contributed by atoms with Gasteiger partial charge >= 0.3 is 0 Å². The average Bonchev–Trinajstić information content (AvgIpc) is 2.92. The highest BCUT2D eigenvalue weighted by Gasteiger charge is 2.18. The maximum atomic E-state index is 12.4. The van der Waals surface area contributed by atoms with Gasteiger partial charge in [0.15, 0.2) is 0 Å². The lowest BCUT2D eigenvalue weighted by molar-refractivity contribution is 0.102. The van der Waals surface area contributed by atoms with Gasteiger partial charge in [-0.25, -0.2) is 4.68 Å². The van der Waals surface area contributed by atoms with Gasteiger partial charge in [-0.3, -0.25) is 4.79 Å². The lowest BCUT2D eigenvalue weighted by Crippen LogP contribution is -2.14. The quantitative estimate of drug-likeness (QED) is 0.636. The third-order valence-electron chi connectivity index (χ3n) is 3.60. The number of carbonyl (C=O) groups is 1. The minimum Gasteiger partial charge on any atom is -0.506 e. The fourth-order valence-corrected chi connectivity index (χ4v) is 2.49. The summed E-state index contributed by atoms with van der Waals surface area (Å²) in [5.74, 6) is -0.374. The van der Waals surface area contributed by atoms with Gasteiger partial charge in [-0.1, -0.05) is 29.8 Å². The van der Waals surface area contributed by atoms with E-state index in [1.807, 2.05) is 31.2 Å². The minimum atomic E-state index is -0.468. The number of para-hydroxylation sites is 1. The van der Waals surface area contributed by atoms with Crippen LogP contribution in [0.3, 0.4) is 0 Å². The average molecular weight is 343 g/mol. The van der Waals surface area contributed by atoms with Gasteiger partial charge in [0.25, 0.3) is 5.91 Å². The van der Waals surface area contributed by atoms with Crippen LogP contribution in [0.5, 0.6) is 5.75 Å². The molecule has 1 aromatic heterocycles. The van der Waals surface area contributed by atoms with Crippen LogP contribution in [0, 0.1) is 6.92 Å². The Morgan fingerprint density at radius 2 is 2.04 bits per heavy atom. The predicted octanol–water partition coefficient (Wildman–Crippen LogP) is 3.37. The van der Waals surface area contributed by atoms with Gasteiger partial charge in [0.2, 0.25) is 0 Å². The third-order valence-corrected chi connectivity index (χ3v) is 3.84. The van der Waals surface area contributed by atoms with E-state index in [2.05, 4.69) is 10.4 Å². The predicted molar refractivity (Wildman–Crippen MR) is 93.8 cm³/mol. The Kier molecular flexibility index (Phi) is 4.14. The molecule has 2 aromatic carbocycles. The van der Waals surface area contributed by atoms with Crippen LogP contribution < -0.4 is 11.1 Å². The number of benzene rings is 2. The summed E-state index contributed by atoms with van der Waals surface area (Å²) in [6.07, 6.45) is 1.39. The van der Waals surface area contributed by atoms with E-state index in [1.165, 1.54) is 23.0 Å². The number of aromatic nitrogens is 2. The number of nitrogens with one attached hydrogen (secondary N) is 1. The molecule has 1 amide bonds. The Hall–Kier alpha value is -2.99. The summed E-state index contributed by atoms with van der Waals surface area (Å²) < 4.78 is 1.51. The maximum absolute atomic E-state index is 12.4. The maximum Gasteiger partial charge on any atom is 0.261 e. The van der Waals surface area contributed by atoms with Crippen LogP contribution in [0.25, 0.3) is 5.69 Å². The number of anilines is 2. The van der Waals surface area contributed by atoms with E-state index in [-0.39, 0.29) is 22.8 Å². The van der Waals surface area contributed by atoms with E-state index in [0.717, 1.165) is 11.3 Å². The van der Waals surface area contributed by atoms with Gasteiger partial charge in [0, 0.05) is 11.1 Å². The number of hydrogen-bond acceptors (Lipinski definition) is 4. The van der Waals surface area contributed by atoms with E-state index in [0.29, 0.717) is 5.02 Å². The molecule has 0 atom stereocenters. The number of phenolic OH excluding ortho intramolecular Hbond substituents is 1. The lowest BCUT2D eigenvalue weighted by Gasteiger charge is -2.09. The first-order valence-electron chi connectivity index (χ1n) is 7.16. The van der Waals surface area contributed by atoms with Crippen molar-refractivity contribution < 1.29 is 9.90 Å². The topological polar surface area (TPSA) is 93.2 Å². The molecule has 0 fully saturated rings. The number of nitrogens with two attached hydrogens (primary N) is 1. The summed E-state index contributed by atoms with van der Waals surface area (Å²) >= 11 is 5.78. The summed E-state index contributed by atoms with van der Waals surface area (Å²) in [6, 6.07) is 12.0. The van der Waals surface area contributed by atoms with Gasteiger partial charge in [-0.05, 0) is 30.7 Å². The molecule has 0 aliphatic carbocycles. The number of carbonyl (C=O) groups excluding carboxylic acids is 1. The molecule has 1 heterocycles. The number of aromatic hydroxyl groups is 1. The monoisotopic (exact) mass is 342 g/mol. The molecule has 0 unspecified atom stereocenters. The highest BCUT2D eigenvalue weighted by Crippen LogP contribution is 2.28. The van der Waals surface area contributed by atoms with Crippen LogP contribution in [0.1, 0.15) is 15.9 Å². The minimum absolute atomic E-state index is 0.124. The van der Waals surface area contributed by atoms with Gasteiger partial charge in [-0.15, -0.1) is 0 Å². The summed E-state index contributed by atoms with van der Waals surface area (Å²) in [7, 11) is 0. The van der Waals surface area contributed by atoms with Crippen LogP contribution >= 0.6 is 11.6 Å². The Morgan fingerprint density at radius 1 is 1.29 bits per heavy atom. The number of nitrogen functional groups attached to an aromatic ring is 1. The molecule has 0 saturated heterocycles. The number of amides is 1. The molecule has 3 rings (SSSR count). The van der Waals surface area contributed by atoms with Crippen LogP contribution in [0.4, 0.5) is 11.5 Å². The molecule has 6 nitrogen and oxygen atoms in total. The van der Waals surface area contributed by atoms with Gasteiger partial charge in [-0.2, -0.15) is 5.10 Å². The fourth-order valence-electron chi connectivity index (χ4n) is 2.33. The normalized spacial score (nSPS) is 10.6. The highest BCUT2D eigenvalue weighted by atomic mass is 35.5. The molecule has 122 valence electrons. The molecule has 0 aliphatic rings. The number of halogens is 1. The second-order valence-corrected chi connectivity index (χ2v) is 5.69. The molecule has 0 radical (unpaired) electrons. The lowest BCUT2D eigenvalue weighted by atomic mass is 10.2. The second-order valence-electron chi connectivity index (χ2n) is 5.26. The standard InChI is InChI=1S/C17H15ClN4O2/c1-10-4-2-3-5-14(10)22-16(19)12(9-20-22)17(24)21-13-7-6-11(18)8-15(13)23/h2-9,23H,19H2,1H3,(H,21,24). The number of phenols is 1. The van der Waals surface area contributed by atoms with E-state index in [4.69, 9.17) is 17.3 Å². The summed E-state index contributed by atoms with van der Waals surface area (Å²) in [5, 5.41) is 17.0. The third kappa shape index (κ3) is 2.91. The van der Waals surface area contributed by atoms with Crippen LogP contribution in [0.15, 0.2) is 48.7 Å². The zero-order valence-electron chi connectivity index (χ0n) is 12.8. The Labute approximate surface area is 143 Å². The van der Waals surface area contributed by atoms with Crippen molar-refractivity contribution in [3.63, 3.8) is 0 Å². The largest absolute Gasteiger partial charge is 0.506 e. The van der Waals surface area contributed by atoms with Crippen molar-refractivity contribution in [1.82, 2.24) is 9.78 Å². The van der Waals surface area contributed by atoms with Gasteiger partial charge in [0.05, 0.1) is 17.6 Å². The first kappa shape index (κ1) is 15.9. The number of rotatable bonds is 3. The molecule has 4 N–H and O–H groups in total. The Morgan fingerprint density at radius 3 is 2.75 bits per heavy atom. The van der Waals surface area contributed by atoms with E-state index < -0.39 is 5.91 Å². The zero-order chi connectivity index (χ0) is 17.3. The van der Waals surface area contributed by atoms with Crippen LogP contribution in [-0.4, -0.2) is 20.8 Å². The summed E-state index contributed by atoms with van der Waals surface area (Å²) in [4.78, 5) is 12.4. The van der Waals surface area contributed by atoms with Crippen molar-refractivity contribution in [2.24, 2.45) is 0 Å². The first-order valence-corrected chi connectivity index (χ1v) is 7.54. The number of aryl methyl sites for hydroxylation is 1. The summed E-state index contributed by atoms with van der Waals surface area (Å²) in [6.45, 7) is 1.93. The van der Waals surface area contributed by atoms with E-state index >= 15 is 0 Å². The van der Waals surface area contributed by atoms with E-state index in [9.17, 15) is 9.90 Å². The molecular formula is C17H15ClN4O2. The first-order chi connectivity index (χ1) is 11.5. The molecule has 0 spiro atoms.